The van der Waals surface area contributed by atoms with Gasteiger partial charge in [-0.2, -0.15) is 23.2 Å². The molecule has 2 aliphatic carbocycles. The largest absolute Gasteiger partial charge is 0.404 e. The van der Waals surface area contributed by atoms with Crippen LogP contribution in [0.4, 0.5) is 17.6 Å². The van der Waals surface area contributed by atoms with Gasteiger partial charge in [-0.15, -0.1) is 0 Å². The Hall–Kier alpha value is -2.36. The summed E-state index contributed by atoms with van der Waals surface area (Å²) >= 11 is 6.25. The molecule has 2 aliphatic rings. The lowest BCUT2D eigenvalue weighted by Gasteiger charge is -2.18. The number of hydrogen-bond donors (Lipinski definition) is 2. The van der Waals surface area contributed by atoms with Crippen LogP contribution >= 0.6 is 11.6 Å². The fourth-order valence-electron chi connectivity index (χ4n) is 3.36. The number of carbonyl (C=O) groups is 1. The van der Waals surface area contributed by atoms with Crippen molar-refractivity contribution in [3.63, 3.8) is 0 Å². The van der Waals surface area contributed by atoms with E-state index in [0.717, 1.165) is 6.08 Å². The number of sulfonamides is 1. The zero-order chi connectivity index (χ0) is 24.0. The second-order valence-electron chi connectivity index (χ2n) is 7.63. The van der Waals surface area contributed by atoms with E-state index in [9.17, 15) is 30.8 Å². The highest BCUT2D eigenvalue weighted by Crippen LogP contribution is 2.47. The number of aromatic nitrogens is 1. The monoisotopic (exact) mass is 494 g/mol. The molecule has 32 heavy (non-hydrogen) atoms. The summed E-state index contributed by atoms with van der Waals surface area (Å²) in [6.45, 7) is 0.657. The Labute approximate surface area is 186 Å². The van der Waals surface area contributed by atoms with Crippen LogP contribution in [-0.2, 0) is 17.1 Å². The summed E-state index contributed by atoms with van der Waals surface area (Å²) in [5.74, 6) is -2.25. The van der Waals surface area contributed by atoms with Crippen LogP contribution in [0.5, 0.6) is 0 Å². The van der Waals surface area contributed by atoms with E-state index in [2.05, 4.69) is 5.32 Å². The van der Waals surface area contributed by atoms with E-state index in [1.54, 1.807) is 10.8 Å². The molecule has 2 N–H and O–H groups in total. The first-order valence-electron chi connectivity index (χ1n) is 9.50. The molecular weight excluding hydrogens is 476 g/mol. The van der Waals surface area contributed by atoms with Crippen molar-refractivity contribution in [3.05, 3.63) is 40.3 Å². The zero-order valence-electron chi connectivity index (χ0n) is 16.9. The number of nitrogens with one attached hydrogen (secondary N) is 2. The molecule has 0 saturated heterocycles. The van der Waals surface area contributed by atoms with Gasteiger partial charge in [0.1, 0.15) is 28.7 Å². The number of carbonyl (C=O) groups excluding carboxylic acids is 1. The highest BCUT2D eigenvalue weighted by atomic mass is 35.5. The van der Waals surface area contributed by atoms with Gasteiger partial charge in [0.15, 0.2) is 0 Å². The topological polar surface area (TPSA) is 104 Å². The second-order valence-corrected chi connectivity index (χ2v) is 9.66. The maximum absolute atomic E-state index is 13.6. The third kappa shape index (κ3) is 4.69. The average molecular weight is 495 g/mol. The van der Waals surface area contributed by atoms with Crippen LogP contribution in [-0.4, -0.2) is 37.3 Å². The maximum atomic E-state index is 13.6. The van der Waals surface area contributed by atoms with Crippen LogP contribution in [0.3, 0.4) is 0 Å². The number of halogens is 5. The van der Waals surface area contributed by atoms with Crippen molar-refractivity contribution in [1.29, 1.82) is 5.26 Å². The van der Waals surface area contributed by atoms with Gasteiger partial charge in [-0.1, -0.05) is 11.6 Å². The maximum Gasteiger partial charge on any atom is 0.404 e. The first-order chi connectivity index (χ1) is 14.8. The molecule has 7 nitrogen and oxygen atoms in total. The normalized spacial score (nSPS) is 22.2. The van der Waals surface area contributed by atoms with Gasteiger partial charge in [0.2, 0.25) is 10.0 Å². The summed E-state index contributed by atoms with van der Waals surface area (Å²) in [5, 5.41) is 10.9. The molecule has 1 heterocycles. The minimum absolute atomic E-state index is 0.105. The second kappa shape index (κ2) is 8.53. The molecule has 1 fully saturated rings. The molecule has 0 bridgehead atoms. The fraction of sp³-hybridized carbons (Fsp3) is 0.474. The van der Waals surface area contributed by atoms with Crippen molar-refractivity contribution in [2.75, 3.05) is 0 Å². The third-order valence-electron chi connectivity index (χ3n) is 5.18. The van der Waals surface area contributed by atoms with Crippen molar-refractivity contribution in [1.82, 2.24) is 14.6 Å². The molecule has 0 spiro atoms. The number of allylic oxidation sites excluding steroid dienone is 3. The summed E-state index contributed by atoms with van der Waals surface area (Å²) in [6, 6.07) is -0.632. The van der Waals surface area contributed by atoms with Crippen molar-refractivity contribution in [2.24, 2.45) is 13.0 Å². The minimum atomic E-state index is -4.82. The SMILES string of the molecule is C[C@@H](NS(=O)(=O)c1c(Cl)c(C(=O)NC2=CC(C#N)C(F)C=C2)n(C)c1C1CC1)C(F)(F)F. The molecule has 13 heteroatoms. The van der Waals surface area contributed by atoms with E-state index >= 15 is 0 Å². The average Bonchev–Trinajstić information content (AvgIpc) is 3.46. The highest BCUT2D eigenvalue weighted by Gasteiger charge is 2.43. The molecule has 0 aliphatic heterocycles. The van der Waals surface area contributed by atoms with E-state index in [1.165, 1.54) is 23.8 Å². The Morgan fingerprint density at radius 1 is 1.38 bits per heavy atom. The predicted molar refractivity (Wildman–Crippen MR) is 107 cm³/mol. The van der Waals surface area contributed by atoms with Gasteiger partial charge in [-0.25, -0.2) is 12.8 Å². The molecule has 1 aromatic rings. The molecule has 1 saturated carbocycles. The van der Waals surface area contributed by atoms with Crippen LogP contribution in [0, 0.1) is 17.2 Å². The smallest absolute Gasteiger partial charge is 0.341 e. The van der Waals surface area contributed by atoms with E-state index in [0.29, 0.717) is 19.8 Å². The van der Waals surface area contributed by atoms with Crippen LogP contribution in [0.1, 0.15) is 41.9 Å². The van der Waals surface area contributed by atoms with Gasteiger partial charge in [0.25, 0.3) is 5.91 Å². The number of nitriles is 1. The standard InChI is InChI=1S/C19H19ClF4N4O3S/c1-9(19(22,23)24)27-32(30,31)17-14(20)16(28(2)15(17)10-3-4-10)18(29)26-12-5-6-13(21)11(7-12)8-25/h5-7,9-11,13,27H,3-4H2,1-2H3,(H,26,29)/t9-,11?,13?/m1/s1. The molecule has 1 aromatic heterocycles. The zero-order valence-corrected chi connectivity index (χ0v) is 18.4. The number of nitrogens with zero attached hydrogens (tertiary/aromatic N) is 2. The fourth-order valence-corrected chi connectivity index (χ4v) is 5.60. The number of alkyl halides is 4. The Morgan fingerprint density at radius 2 is 2.00 bits per heavy atom. The van der Waals surface area contributed by atoms with Gasteiger partial charge >= 0.3 is 6.18 Å². The number of hydrogen-bond acceptors (Lipinski definition) is 4. The summed E-state index contributed by atoms with van der Waals surface area (Å²) in [6.07, 6.45) is -1.65. The Bertz CT molecular complexity index is 1150. The first kappa shape index (κ1) is 24.3. The van der Waals surface area contributed by atoms with E-state index in [4.69, 9.17) is 16.9 Å². The van der Waals surface area contributed by atoms with Gasteiger partial charge in [0.05, 0.1) is 11.1 Å². The van der Waals surface area contributed by atoms with E-state index in [-0.39, 0.29) is 23.0 Å². The molecule has 3 atom stereocenters. The first-order valence-corrected chi connectivity index (χ1v) is 11.4. The highest BCUT2D eigenvalue weighted by molar-refractivity contribution is 7.89. The van der Waals surface area contributed by atoms with E-state index < -0.39 is 50.2 Å². The molecule has 2 unspecified atom stereocenters. The van der Waals surface area contributed by atoms with Crippen LogP contribution in [0.15, 0.2) is 28.8 Å². The van der Waals surface area contributed by atoms with E-state index in [1.807, 2.05) is 0 Å². The van der Waals surface area contributed by atoms with Crippen molar-refractivity contribution in [3.8, 4) is 6.07 Å². The van der Waals surface area contributed by atoms with Gasteiger partial charge in [-0.05, 0) is 38.0 Å². The van der Waals surface area contributed by atoms with Gasteiger partial charge in [0, 0.05) is 24.4 Å². The van der Waals surface area contributed by atoms with Crippen molar-refractivity contribution >= 4 is 27.5 Å². The number of amides is 1. The molecule has 0 radical (unpaired) electrons. The molecular formula is C19H19ClF4N4O3S. The summed E-state index contributed by atoms with van der Waals surface area (Å²) < 4.78 is 80.9. The Balaban J connectivity index is 2.00. The Kier molecular flexibility index (Phi) is 6.48. The van der Waals surface area contributed by atoms with Gasteiger partial charge in [-0.3, -0.25) is 4.79 Å². The minimum Gasteiger partial charge on any atom is -0.341 e. The van der Waals surface area contributed by atoms with Crippen LogP contribution < -0.4 is 10.0 Å². The van der Waals surface area contributed by atoms with Crippen molar-refractivity contribution in [2.45, 2.75) is 49.0 Å². The molecule has 1 amide bonds. The summed E-state index contributed by atoms with van der Waals surface area (Å²) in [4.78, 5) is 12.3. The van der Waals surface area contributed by atoms with Gasteiger partial charge < -0.3 is 9.88 Å². The lowest BCUT2D eigenvalue weighted by atomic mass is 9.99. The lowest BCUT2D eigenvalue weighted by molar-refractivity contribution is -0.147. The molecule has 3 rings (SSSR count). The molecule has 174 valence electrons. The third-order valence-corrected chi connectivity index (χ3v) is 7.27. The molecule has 0 aromatic carbocycles. The van der Waals surface area contributed by atoms with Crippen molar-refractivity contribution < 1.29 is 30.8 Å². The predicted octanol–water partition coefficient (Wildman–Crippen LogP) is 3.45. The number of rotatable bonds is 6. The van der Waals surface area contributed by atoms with Crippen LogP contribution in [0.25, 0.3) is 0 Å². The summed E-state index contributed by atoms with van der Waals surface area (Å²) in [5.41, 5.74) is -0.0402. The Morgan fingerprint density at radius 3 is 2.53 bits per heavy atom. The summed E-state index contributed by atoms with van der Waals surface area (Å²) in [7, 11) is -3.33. The lowest BCUT2D eigenvalue weighted by Crippen LogP contribution is -2.43. The van der Waals surface area contributed by atoms with Crippen LogP contribution in [0.2, 0.25) is 5.02 Å². The quantitative estimate of drug-likeness (QED) is 0.591.